The highest BCUT2D eigenvalue weighted by molar-refractivity contribution is 5.81. The lowest BCUT2D eigenvalue weighted by atomic mass is 10.0. The maximum absolute atomic E-state index is 12.5. The van der Waals surface area contributed by atoms with E-state index in [2.05, 4.69) is 5.32 Å². The van der Waals surface area contributed by atoms with Crippen LogP contribution in [0.3, 0.4) is 0 Å². The fourth-order valence-corrected chi connectivity index (χ4v) is 2.51. The molecule has 130 valence electrons. The second kappa shape index (κ2) is 8.74. The molecule has 5 nitrogen and oxygen atoms in total. The van der Waals surface area contributed by atoms with Crippen LogP contribution in [0.25, 0.3) is 0 Å². The molecule has 0 spiro atoms. The van der Waals surface area contributed by atoms with Gasteiger partial charge in [0.1, 0.15) is 11.5 Å². The van der Waals surface area contributed by atoms with E-state index in [1.165, 1.54) is 0 Å². The lowest BCUT2D eigenvalue weighted by molar-refractivity contribution is -0.128. The Kier molecular flexibility index (Phi) is 6.41. The van der Waals surface area contributed by atoms with E-state index in [9.17, 15) is 4.79 Å². The van der Waals surface area contributed by atoms with Crippen LogP contribution in [0.4, 0.5) is 0 Å². The van der Waals surface area contributed by atoms with Crippen molar-refractivity contribution in [3.63, 3.8) is 0 Å². The van der Waals surface area contributed by atoms with Crippen molar-refractivity contribution in [3.8, 4) is 17.6 Å². The number of ether oxygens (including phenoxy) is 2. The zero-order chi connectivity index (χ0) is 18.2. The molecule has 0 aliphatic heterocycles. The van der Waals surface area contributed by atoms with Gasteiger partial charge in [-0.15, -0.1) is 0 Å². The summed E-state index contributed by atoms with van der Waals surface area (Å²) in [6, 6.07) is 16.2. The number of nitrogens with zero attached hydrogens (tertiary/aromatic N) is 1. The van der Waals surface area contributed by atoms with Gasteiger partial charge in [0.2, 0.25) is 0 Å². The molecule has 0 aliphatic carbocycles. The van der Waals surface area contributed by atoms with Crippen LogP contribution in [-0.2, 0) is 4.79 Å². The van der Waals surface area contributed by atoms with Crippen LogP contribution in [0.2, 0.25) is 0 Å². The number of methoxy groups -OCH3 is 1. The summed E-state index contributed by atoms with van der Waals surface area (Å²) < 4.78 is 11.0. The molecule has 2 aromatic carbocycles. The molecule has 0 saturated heterocycles. The summed E-state index contributed by atoms with van der Waals surface area (Å²) in [6.07, 6.45) is 0.0760. The van der Waals surface area contributed by atoms with E-state index < -0.39 is 6.10 Å². The van der Waals surface area contributed by atoms with Crippen molar-refractivity contribution in [2.24, 2.45) is 0 Å². The summed E-state index contributed by atoms with van der Waals surface area (Å²) in [5.41, 5.74) is 1.48. The summed E-state index contributed by atoms with van der Waals surface area (Å²) in [4.78, 5) is 12.5. The predicted octanol–water partition coefficient (Wildman–Crippen LogP) is 3.60. The van der Waals surface area contributed by atoms with Crippen LogP contribution in [0.15, 0.2) is 48.5 Å². The van der Waals surface area contributed by atoms with Gasteiger partial charge in [0.15, 0.2) is 6.10 Å². The normalized spacial score (nSPS) is 12.6. The minimum Gasteiger partial charge on any atom is -0.496 e. The number of rotatable bonds is 7. The van der Waals surface area contributed by atoms with Gasteiger partial charge in [0.25, 0.3) is 5.91 Å². The third-order valence-corrected chi connectivity index (χ3v) is 3.90. The van der Waals surface area contributed by atoms with E-state index in [-0.39, 0.29) is 11.9 Å². The number of hydrogen-bond donors (Lipinski definition) is 1. The largest absolute Gasteiger partial charge is 0.496 e. The third-order valence-electron chi connectivity index (χ3n) is 3.90. The van der Waals surface area contributed by atoms with E-state index in [0.29, 0.717) is 11.3 Å². The first-order valence-electron chi connectivity index (χ1n) is 8.19. The Bertz CT molecular complexity index is 750. The highest BCUT2D eigenvalue weighted by Gasteiger charge is 2.21. The molecule has 2 rings (SSSR count). The molecule has 0 bridgehead atoms. The van der Waals surface area contributed by atoms with Crippen LogP contribution in [0, 0.1) is 11.3 Å². The summed E-state index contributed by atoms with van der Waals surface area (Å²) in [7, 11) is 1.62. The van der Waals surface area contributed by atoms with Crippen molar-refractivity contribution < 1.29 is 14.3 Å². The Morgan fingerprint density at radius 1 is 1.20 bits per heavy atom. The quantitative estimate of drug-likeness (QED) is 0.837. The van der Waals surface area contributed by atoms with Gasteiger partial charge in [-0.25, -0.2) is 0 Å². The number of nitriles is 1. The number of carbonyl (C=O) groups is 1. The van der Waals surface area contributed by atoms with Crippen molar-refractivity contribution >= 4 is 5.91 Å². The van der Waals surface area contributed by atoms with Crippen molar-refractivity contribution in [3.05, 3.63) is 59.7 Å². The minimum absolute atomic E-state index is 0.157. The van der Waals surface area contributed by atoms with E-state index in [1.807, 2.05) is 37.3 Å². The molecule has 0 radical (unpaired) electrons. The summed E-state index contributed by atoms with van der Waals surface area (Å²) in [5.74, 6) is 1.09. The summed E-state index contributed by atoms with van der Waals surface area (Å²) >= 11 is 0. The smallest absolute Gasteiger partial charge is 0.261 e. The van der Waals surface area contributed by atoms with Crippen LogP contribution >= 0.6 is 0 Å². The number of carbonyl (C=O) groups excluding carboxylic acids is 1. The lowest BCUT2D eigenvalue weighted by Crippen LogP contribution is -2.38. The fourth-order valence-electron chi connectivity index (χ4n) is 2.51. The van der Waals surface area contributed by atoms with Crippen molar-refractivity contribution in [1.82, 2.24) is 5.32 Å². The molecule has 0 heterocycles. The molecule has 0 fully saturated rings. The fraction of sp³-hybridized carbons (Fsp3) is 0.300. The second-order valence-corrected chi connectivity index (χ2v) is 5.61. The number of hydrogen-bond acceptors (Lipinski definition) is 4. The first-order valence-corrected chi connectivity index (χ1v) is 8.19. The standard InChI is InChI=1S/C20H22N2O3/c1-4-18(17-7-5-6-8-19(17)24-3)22-20(23)14(2)25-16-11-9-15(13-21)10-12-16/h5-12,14,18H,4H2,1-3H3,(H,22,23). The molecule has 5 heteroatoms. The Morgan fingerprint density at radius 3 is 2.48 bits per heavy atom. The SMILES string of the molecule is CCC(NC(=O)C(C)Oc1ccc(C#N)cc1)c1ccccc1OC. The molecule has 2 unspecified atom stereocenters. The van der Waals surface area contributed by atoms with Gasteiger partial charge in [-0.2, -0.15) is 5.26 Å². The molecule has 0 aromatic heterocycles. The Balaban J connectivity index is 2.04. The van der Waals surface area contributed by atoms with E-state index in [0.717, 1.165) is 17.7 Å². The first kappa shape index (κ1) is 18.3. The van der Waals surface area contributed by atoms with Gasteiger partial charge in [0.05, 0.1) is 24.8 Å². The van der Waals surface area contributed by atoms with Crippen LogP contribution in [-0.4, -0.2) is 19.1 Å². The van der Waals surface area contributed by atoms with Gasteiger partial charge in [-0.1, -0.05) is 25.1 Å². The van der Waals surface area contributed by atoms with Crippen LogP contribution in [0.1, 0.15) is 37.4 Å². The molecule has 0 aliphatic rings. The van der Waals surface area contributed by atoms with E-state index in [1.54, 1.807) is 38.3 Å². The number of para-hydroxylation sites is 1. The Morgan fingerprint density at radius 2 is 1.88 bits per heavy atom. The van der Waals surface area contributed by atoms with Gasteiger partial charge in [-0.3, -0.25) is 4.79 Å². The van der Waals surface area contributed by atoms with Crippen LogP contribution < -0.4 is 14.8 Å². The van der Waals surface area contributed by atoms with Crippen molar-refractivity contribution in [2.45, 2.75) is 32.4 Å². The predicted molar refractivity (Wildman–Crippen MR) is 95.4 cm³/mol. The summed E-state index contributed by atoms with van der Waals surface area (Å²) in [5, 5.41) is 11.8. The molecule has 2 atom stereocenters. The third kappa shape index (κ3) is 4.74. The van der Waals surface area contributed by atoms with Crippen molar-refractivity contribution in [2.75, 3.05) is 7.11 Å². The zero-order valence-electron chi connectivity index (χ0n) is 14.7. The van der Waals surface area contributed by atoms with Crippen LogP contribution in [0.5, 0.6) is 11.5 Å². The molecular formula is C20H22N2O3. The van der Waals surface area contributed by atoms with Gasteiger partial charge in [0, 0.05) is 5.56 Å². The zero-order valence-corrected chi connectivity index (χ0v) is 14.7. The molecular weight excluding hydrogens is 316 g/mol. The molecule has 1 N–H and O–H groups in total. The average Bonchev–Trinajstić information content (AvgIpc) is 2.66. The topological polar surface area (TPSA) is 71.3 Å². The molecule has 2 aromatic rings. The van der Waals surface area contributed by atoms with Gasteiger partial charge < -0.3 is 14.8 Å². The van der Waals surface area contributed by atoms with Gasteiger partial charge >= 0.3 is 0 Å². The van der Waals surface area contributed by atoms with Gasteiger partial charge in [-0.05, 0) is 43.7 Å². The van der Waals surface area contributed by atoms with Crippen molar-refractivity contribution in [1.29, 1.82) is 5.26 Å². The maximum Gasteiger partial charge on any atom is 0.261 e. The number of nitrogens with one attached hydrogen (secondary N) is 1. The minimum atomic E-state index is -0.656. The average molecular weight is 338 g/mol. The highest BCUT2D eigenvalue weighted by atomic mass is 16.5. The Labute approximate surface area is 148 Å². The first-order chi connectivity index (χ1) is 12.1. The maximum atomic E-state index is 12.5. The molecule has 25 heavy (non-hydrogen) atoms. The highest BCUT2D eigenvalue weighted by Crippen LogP contribution is 2.27. The lowest BCUT2D eigenvalue weighted by Gasteiger charge is -2.22. The summed E-state index contributed by atoms with van der Waals surface area (Å²) in [6.45, 7) is 3.70. The second-order valence-electron chi connectivity index (χ2n) is 5.61. The monoisotopic (exact) mass is 338 g/mol. The van der Waals surface area contributed by atoms with E-state index in [4.69, 9.17) is 14.7 Å². The molecule has 1 amide bonds. The number of benzene rings is 2. The molecule has 0 saturated carbocycles. The number of amides is 1. The van der Waals surface area contributed by atoms with E-state index >= 15 is 0 Å². The Hall–Kier alpha value is -3.00.